The number of fused-ring (bicyclic) bond motifs is 2. The van der Waals surface area contributed by atoms with Crippen molar-refractivity contribution >= 4 is 40.9 Å². The monoisotopic (exact) mass is 551 g/mol. The van der Waals surface area contributed by atoms with E-state index in [-0.39, 0.29) is 11.5 Å². The molecule has 0 spiro atoms. The number of nitrogens with zero attached hydrogens (tertiary/aromatic N) is 3. The van der Waals surface area contributed by atoms with E-state index in [4.69, 9.17) is 28.2 Å². The molecule has 3 aromatic carbocycles. The van der Waals surface area contributed by atoms with Crippen LogP contribution in [0.2, 0.25) is 10.0 Å². The second-order valence-electron chi connectivity index (χ2n) is 9.84. The lowest BCUT2D eigenvalue weighted by molar-refractivity contribution is 0.699. The van der Waals surface area contributed by atoms with Gasteiger partial charge in [0.25, 0.3) is 5.56 Å². The number of allylic oxidation sites excluding steroid dienone is 2. The average molecular weight is 552 g/mol. The van der Waals surface area contributed by atoms with Crippen LogP contribution in [-0.2, 0) is 0 Å². The van der Waals surface area contributed by atoms with Crippen LogP contribution in [0.4, 0.5) is 5.82 Å². The van der Waals surface area contributed by atoms with Gasteiger partial charge in [0.1, 0.15) is 5.82 Å². The van der Waals surface area contributed by atoms with Gasteiger partial charge in [-0.15, -0.1) is 0 Å². The highest BCUT2D eigenvalue weighted by Gasteiger charge is 2.36. The van der Waals surface area contributed by atoms with Gasteiger partial charge in [0.2, 0.25) is 5.78 Å². The molecule has 6 nitrogen and oxygen atoms in total. The van der Waals surface area contributed by atoms with Crippen LogP contribution in [0.5, 0.6) is 0 Å². The van der Waals surface area contributed by atoms with Crippen molar-refractivity contribution in [2.75, 3.05) is 5.32 Å². The minimum atomic E-state index is -0.266. The van der Waals surface area contributed by atoms with Crippen LogP contribution in [-0.4, -0.2) is 19.6 Å². The van der Waals surface area contributed by atoms with E-state index in [0.717, 1.165) is 41.6 Å². The highest BCUT2D eigenvalue weighted by atomic mass is 35.5. The summed E-state index contributed by atoms with van der Waals surface area (Å²) in [5.74, 6) is 1.21. The Morgan fingerprint density at radius 1 is 0.897 bits per heavy atom. The van der Waals surface area contributed by atoms with Gasteiger partial charge in [0.15, 0.2) is 5.82 Å². The summed E-state index contributed by atoms with van der Waals surface area (Å²) in [4.78, 5) is 19.2. The van der Waals surface area contributed by atoms with Crippen molar-refractivity contribution in [1.29, 1.82) is 0 Å². The summed E-state index contributed by atoms with van der Waals surface area (Å²) in [6.45, 7) is 0. The smallest absolute Gasteiger partial charge is 0.267 e. The Hall–Kier alpha value is -4.13. The Balaban J connectivity index is 1.46. The van der Waals surface area contributed by atoms with Gasteiger partial charge in [-0.1, -0.05) is 77.8 Å². The van der Waals surface area contributed by atoms with Crippen molar-refractivity contribution in [3.05, 3.63) is 133 Å². The normalized spacial score (nSPS) is 17.7. The number of hydrogen-bond donors (Lipinski definition) is 2. The number of hydrogen-bond acceptors (Lipinski definition) is 4. The van der Waals surface area contributed by atoms with E-state index in [0.29, 0.717) is 33.0 Å². The molecule has 1 unspecified atom stereocenters. The first-order valence-corrected chi connectivity index (χ1v) is 13.6. The average Bonchev–Trinajstić information content (AvgIpc) is 3.39. The third-order valence-electron chi connectivity index (χ3n) is 7.45. The predicted molar refractivity (Wildman–Crippen MR) is 156 cm³/mol. The summed E-state index contributed by atoms with van der Waals surface area (Å²) in [6.07, 6.45) is 4.96. The zero-order valence-corrected chi connectivity index (χ0v) is 22.3. The van der Waals surface area contributed by atoms with E-state index in [1.54, 1.807) is 4.40 Å². The number of H-pyrrole nitrogens is 1. The van der Waals surface area contributed by atoms with Gasteiger partial charge in [-0.2, -0.15) is 10.1 Å². The van der Waals surface area contributed by atoms with Crippen LogP contribution >= 0.6 is 23.2 Å². The molecule has 0 amide bonds. The third-order valence-corrected chi connectivity index (χ3v) is 7.96. The molecule has 0 saturated carbocycles. The van der Waals surface area contributed by atoms with E-state index in [1.807, 2.05) is 78.9 Å². The summed E-state index contributed by atoms with van der Waals surface area (Å²) >= 11 is 12.4. The molecule has 0 fully saturated rings. The van der Waals surface area contributed by atoms with Crippen molar-refractivity contribution in [1.82, 2.24) is 19.6 Å². The minimum absolute atomic E-state index is 0.143. The number of rotatable bonds is 3. The van der Waals surface area contributed by atoms with Crippen LogP contribution in [0, 0.1) is 0 Å². The molecule has 1 aliphatic carbocycles. The maximum atomic E-state index is 14.3. The van der Waals surface area contributed by atoms with Crippen molar-refractivity contribution in [3.8, 4) is 11.4 Å². The first-order chi connectivity index (χ1) is 19.1. The van der Waals surface area contributed by atoms with Gasteiger partial charge in [-0.3, -0.25) is 4.79 Å². The molecule has 1 atom stereocenters. The van der Waals surface area contributed by atoms with E-state index in [9.17, 15) is 4.79 Å². The number of nitrogens with one attached hydrogen (secondary N) is 2. The van der Waals surface area contributed by atoms with Gasteiger partial charge in [0.05, 0.1) is 5.56 Å². The van der Waals surface area contributed by atoms with Crippen molar-refractivity contribution in [2.45, 2.75) is 25.2 Å². The molecule has 0 bridgehead atoms. The molecule has 3 heterocycles. The van der Waals surface area contributed by atoms with Gasteiger partial charge in [-0.05, 0) is 71.9 Å². The van der Waals surface area contributed by atoms with E-state index in [2.05, 4.69) is 21.6 Å². The highest BCUT2D eigenvalue weighted by molar-refractivity contribution is 6.30. The summed E-state index contributed by atoms with van der Waals surface area (Å²) in [6, 6.07) is 25.3. The Morgan fingerprint density at radius 2 is 1.62 bits per heavy atom. The lowest BCUT2D eigenvalue weighted by atomic mass is 9.75. The molecule has 0 radical (unpaired) electrons. The zero-order valence-electron chi connectivity index (χ0n) is 20.8. The number of aromatic nitrogens is 4. The Morgan fingerprint density at radius 3 is 2.36 bits per heavy atom. The Kier molecular flexibility index (Phi) is 5.87. The first-order valence-electron chi connectivity index (χ1n) is 12.9. The molecule has 8 heteroatoms. The maximum absolute atomic E-state index is 14.3. The largest absolute Gasteiger partial charge is 0.339 e. The molecule has 7 rings (SSSR count). The molecule has 39 heavy (non-hydrogen) atoms. The van der Waals surface area contributed by atoms with Crippen LogP contribution < -0.4 is 10.9 Å². The molecule has 0 saturated heterocycles. The summed E-state index contributed by atoms with van der Waals surface area (Å²) in [7, 11) is 0. The lowest BCUT2D eigenvalue weighted by Crippen LogP contribution is -2.31. The minimum Gasteiger partial charge on any atom is -0.339 e. The Labute approximate surface area is 234 Å². The molecule has 2 aliphatic rings. The second kappa shape index (κ2) is 9.56. The summed E-state index contributed by atoms with van der Waals surface area (Å²) < 4.78 is 1.58. The van der Waals surface area contributed by atoms with Crippen molar-refractivity contribution in [3.63, 3.8) is 0 Å². The van der Waals surface area contributed by atoms with Gasteiger partial charge >= 0.3 is 0 Å². The summed E-state index contributed by atoms with van der Waals surface area (Å²) in [5, 5.41) is 12.4. The number of benzene rings is 3. The standard InChI is InChI=1S/C31H23Cl2N5O/c32-22-13-9-18(10-14-22)17-21-7-4-8-24-25(19-11-15-23(33)16-12-19)26-28(34-27(21)24)35-31-37-36-29(38(31)30(26)39)20-5-2-1-3-6-20/h1-3,5-6,9-17,25,34H,4,7-8H2,(H,35,37)/b21-17+. The predicted octanol–water partition coefficient (Wildman–Crippen LogP) is 7.47. The fourth-order valence-electron chi connectivity index (χ4n) is 5.69. The molecule has 1 aliphatic heterocycles. The number of anilines is 1. The molecule has 192 valence electrons. The quantitative estimate of drug-likeness (QED) is 0.244. The van der Waals surface area contributed by atoms with Crippen LogP contribution in [0.1, 0.15) is 41.9 Å². The molecule has 2 aromatic heterocycles. The first kappa shape index (κ1) is 23.9. The van der Waals surface area contributed by atoms with Gasteiger partial charge in [0, 0.05) is 27.2 Å². The van der Waals surface area contributed by atoms with Crippen molar-refractivity contribution in [2.24, 2.45) is 0 Å². The zero-order chi connectivity index (χ0) is 26.5. The Bertz CT molecular complexity index is 1840. The van der Waals surface area contributed by atoms with Crippen molar-refractivity contribution < 1.29 is 0 Å². The van der Waals surface area contributed by atoms with E-state index >= 15 is 0 Å². The SMILES string of the molecule is O=c1c2c(nc3[nH]nc(-c4ccccc4)n13)NC1=C(CCC/C1=C\c1ccc(Cl)cc1)C2c1ccc(Cl)cc1. The van der Waals surface area contributed by atoms with Crippen LogP contribution in [0.15, 0.2) is 101 Å². The number of aromatic amines is 1. The second-order valence-corrected chi connectivity index (χ2v) is 10.7. The molecular weight excluding hydrogens is 529 g/mol. The summed E-state index contributed by atoms with van der Waals surface area (Å²) in [5.41, 5.74) is 6.78. The maximum Gasteiger partial charge on any atom is 0.267 e. The third kappa shape index (κ3) is 4.17. The van der Waals surface area contributed by atoms with Gasteiger partial charge < -0.3 is 5.32 Å². The van der Waals surface area contributed by atoms with E-state index < -0.39 is 0 Å². The van der Waals surface area contributed by atoms with Crippen LogP contribution in [0.3, 0.4) is 0 Å². The molecule has 2 N–H and O–H groups in total. The lowest BCUT2D eigenvalue weighted by Gasteiger charge is -2.35. The van der Waals surface area contributed by atoms with Crippen LogP contribution in [0.25, 0.3) is 23.2 Å². The topological polar surface area (TPSA) is 75.1 Å². The highest BCUT2D eigenvalue weighted by Crippen LogP contribution is 2.46. The molecular formula is C31H23Cl2N5O. The fraction of sp³-hybridized carbons (Fsp3) is 0.129. The fourth-order valence-corrected chi connectivity index (χ4v) is 5.94. The molecule has 5 aromatic rings. The number of halogens is 2. The van der Waals surface area contributed by atoms with E-state index in [1.165, 1.54) is 11.1 Å². The van der Waals surface area contributed by atoms with Gasteiger partial charge in [-0.25, -0.2) is 9.50 Å².